The number of aryl methyl sites for hydroxylation is 1. The molecule has 0 bridgehead atoms. The smallest absolute Gasteiger partial charge is 0.381 e. The zero-order valence-corrected chi connectivity index (χ0v) is 19.5. The average molecular weight is 471 g/mol. The minimum atomic E-state index is -4.21. The third-order valence-corrected chi connectivity index (χ3v) is 6.17. The van der Waals surface area contributed by atoms with Gasteiger partial charge in [-0.1, -0.05) is 42.5 Å². The van der Waals surface area contributed by atoms with Crippen LogP contribution in [0.4, 0.5) is 18.9 Å². The van der Waals surface area contributed by atoms with E-state index in [0.717, 1.165) is 64.1 Å². The van der Waals surface area contributed by atoms with Crippen LogP contribution in [0.2, 0.25) is 0 Å². The van der Waals surface area contributed by atoms with Crippen molar-refractivity contribution in [2.24, 2.45) is 5.41 Å². The highest BCUT2D eigenvalue weighted by molar-refractivity contribution is 5.85. The standard InChI is InChI=1S/C25H33F3N2O.ClH/c1-2-31-20-24(13-12-21-6-4-3-5-7-21)14-16-30(17-15-24)18-22-8-10-23(11-9-22)29-19-25(26,27)28;/h3-11,29H,2,12-20H2,1H3;1H. The van der Waals surface area contributed by atoms with Crippen molar-refractivity contribution < 1.29 is 17.9 Å². The molecule has 1 fully saturated rings. The van der Waals surface area contributed by atoms with Crippen LogP contribution in [0.1, 0.15) is 37.3 Å². The predicted molar refractivity (Wildman–Crippen MR) is 126 cm³/mol. The van der Waals surface area contributed by atoms with Crippen molar-refractivity contribution >= 4 is 18.1 Å². The monoisotopic (exact) mass is 470 g/mol. The Hall–Kier alpha value is -1.76. The summed E-state index contributed by atoms with van der Waals surface area (Å²) in [5.41, 5.74) is 3.21. The molecule has 0 aromatic heterocycles. The van der Waals surface area contributed by atoms with E-state index in [1.807, 2.05) is 19.1 Å². The summed E-state index contributed by atoms with van der Waals surface area (Å²) < 4.78 is 42.9. The highest BCUT2D eigenvalue weighted by Crippen LogP contribution is 2.37. The molecular formula is C25H34ClF3N2O. The fourth-order valence-electron chi connectivity index (χ4n) is 4.21. The molecule has 0 spiro atoms. The van der Waals surface area contributed by atoms with E-state index < -0.39 is 12.7 Å². The number of nitrogens with one attached hydrogen (secondary N) is 1. The SMILES string of the molecule is CCOCC1(CCc2ccccc2)CCN(Cc2ccc(NCC(F)(F)F)cc2)CC1.Cl. The first kappa shape index (κ1) is 26.5. The highest BCUT2D eigenvalue weighted by atomic mass is 35.5. The van der Waals surface area contributed by atoms with Gasteiger partial charge in [0.05, 0.1) is 6.61 Å². The molecular weight excluding hydrogens is 437 g/mol. The number of halogens is 4. The van der Waals surface area contributed by atoms with Gasteiger partial charge in [-0.05, 0) is 74.4 Å². The molecule has 32 heavy (non-hydrogen) atoms. The van der Waals surface area contributed by atoms with Gasteiger partial charge in [0, 0.05) is 18.8 Å². The molecule has 0 unspecified atom stereocenters. The molecule has 1 aliphatic rings. The molecule has 0 atom stereocenters. The number of anilines is 1. The van der Waals surface area contributed by atoms with Crippen LogP contribution < -0.4 is 5.32 Å². The zero-order chi connectivity index (χ0) is 22.2. The first-order valence-electron chi connectivity index (χ1n) is 11.1. The van der Waals surface area contributed by atoms with Crippen LogP contribution in [-0.2, 0) is 17.7 Å². The largest absolute Gasteiger partial charge is 0.405 e. The van der Waals surface area contributed by atoms with Crippen LogP contribution >= 0.6 is 12.4 Å². The minimum Gasteiger partial charge on any atom is -0.381 e. The van der Waals surface area contributed by atoms with Crippen molar-refractivity contribution in [2.45, 2.75) is 45.3 Å². The second kappa shape index (κ2) is 12.5. The summed E-state index contributed by atoms with van der Waals surface area (Å²) >= 11 is 0. The molecule has 2 aromatic carbocycles. The molecule has 7 heteroatoms. The molecule has 0 aliphatic carbocycles. The molecule has 1 aliphatic heterocycles. The van der Waals surface area contributed by atoms with Crippen molar-refractivity contribution in [1.82, 2.24) is 4.90 Å². The molecule has 2 aromatic rings. The molecule has 0 radical (unpaired) electrons. The van der Waals surface area contributed by atoms with Crippen LogP contribution in [-0.4, -0.2) is 43.9 Å². The molecule has 0 saturated carbocycles. The van der Waals surface area contributed by atoms with Gasteiger partial charge in [0.1, 0.15) is 6.54 Å². The quantitative estimate of drug-likeness (QED) is 0.439. The number of alkyl halides is 3. The van der Waals surface area contributed by atoms with Crippen LogP contribution in [0, 0.1) is 5.41 Å². The maximum Gasteiger partial charge on any atom is 0.405 e. The Kier molecular flexibility index (Phi) is 10.3. The van der Waals surface area contributed by atoms with Crippen molar-refractivity contribution in [3.63, 3.8) is 0 Å². The third kappa shape index (κ3) is 8.64. The lowest BCUT2D eigenvalue weighted by Crippen LogP contribution is -2.42. The molecule has 1 saturated heterocycles. The van der Waals surface area contributed by atoms with Crippen molar-refractivity contribution in [1.29, 1.82) is 0 Å². The first-order chi connectivity index (χ1) is 14.9. The number of hydrogen-bond donors (Lipinski definition) is 1. The fraction of sp³-hybridized carbons (Fsp3) is 0.520. The van der Waals surface area contributed by atoms with E-state index in [4.69, 9.17) is 4.74 Å². The Labute approximate surface area is 195 Å². The van der Waals surface area contributed by atoms with E-state index in [1.165, 1.54) is 5.56 Å². The van der Waals surface area contributed by atoms with Gasteiger partial charge in [-0.3, -0.25) is 4.90 Å². The summed E-state index contributed by atoms with van der Waals surface area (Å²) in [5, 5.41) is 2.42. The van der Waals surface area contributed by atoms with Gasteiger partial charge in [-0.25, -0.2) is 0 Å². The van der Waals surface area contributed by atoms with Gasteiger partial charge >= 0.3 is 6.18 Å². The number of benzene rings is 2. The van der Waals surface area contributed by atoms with Crippen molar-refractivity contribution in [3.05, 3.63) is 65.7 Å². The van der Waals surface area contributed by atoms with Gasteiger partial charge in [-0.2, -0.15) is 13.2 Å². The fourth-order valence-corrected chi connectivity index (χ4v) is 4.21. The number of nitrogens with zero attached hydrogens (tertiary/aromatic N) is 1. The topological polar surface area (TPSA) is 24.5 Å². The van der Waals surface area contributed by atoms with Crippen LogP contribution in [0.3, 0.4) is 0 Å². The summed E-state index contributed by atoms with van der Waals surface area (Å²) in [4.78, 5) is 2.44. The van der Waals surface area contributed by atoms with E-state index >= 15 is 0 Å². The Balaban J connectivity index is 0.00000363. The summed E-state index contributed by atoms with van der Waals surface area (Å²) in [6.45, 7) is 5.43. The average Bonchev–Trinajstić information content (AvgIpc) is 2.77. The second-order valence-electron chi connectivity index (χ2n) is 8.56. The number of hydrogen-bond acceptors (Lipinski definition) is 3. The number of ether oxygens (including phenoxy) is 1. The molecule has 3 nitrogen and oxygen atoms in total. The predicted octanol–water partition coefficient (Wildman–Crippen LogP) is 6.33. The molecule has 178 valence electrons. The second-order valence-corrected chi connectivity index (χ2v) is 8.56. The van der Waals surface area contributed by atoms with Crippen LogP contribution in [0.15, 0.2) is 54.6 Å². The summed E-state index contributed by atoms with van der Waals surface area (Å²) in [6, 6.07) is 17.9. The maximum absolute atomic E-state index is 12.3. The molecule has 1 heterocycles. The molecule has 0 amide bonds. The third-order valence-electron chi connectivity index (χ3n) is 6.17. The van der Waals surface area contributed by atoms with Crippen LogP contribution in [0.5, 0.6) is 0 Å². The van der Waals surface area contributed by atoms with Gasteiger partial charge in [0.15, 0.2) is 0 Å². The van der Waals surface area contributed by atoms with Gasteiger partial charge < -0.3 is 10.1 Å². The van der Waals surface area contributed by atoms with Gasteiger partial charge in [0.2, 0.25) is 0 Å². The lowest BCUT2D eigenvalue weighted by molar-refractivity contribution is -0.115. The summed E-state index contributed by atoms with van der Waals surface area (Å²) in [7, 11) is 0. The van der Waals surface area contributed by atoms with E-state index in [0.29, 0.717) is 5.69 Å². The lowest BCUT2D eigenvalue weighted by Gasteiger charge is -2.42. The summed E-state index contributed by atoms with van der Waals surface area (Å²) in [5.74, 6) is 0. The Bertz CT molecular complexity index is 776. The zero-order valence-electron chi connectivity index (χ0n) is 18.7. The normalized spacial score (nSPS) is 16.4. The molecule has 1 N–H and O–H groups in total. The highest BCUT2D eigenvalue weighted by Gasteiger charge is 2.34. The Morgan fingerprint density at radius 1 is 0.969 bits per heavy atom. The number of rotatable bonds is 10. The lowest BCUT2D eigenvalue weighted by atomic mass is 9.74. The van der Waals surface area contributed by atoms with E-state index in [2.05, 4.69) is 40.5 Å². The molecule has 3 rings (SSSR count). The van der Waals surface area contributed by atoms with Gasteiger partial charge in [0.25, 0.3) is 0 Å². The minimum absolute atomic E-state index is 0. The number of piperidine rings is 1. The first-order valence-corrected chi connectivity index (χ1v) is 11.1. The van der Waals surface area contributed by atoms with Crippen LogP contribution in [0.25, 0.3) is 0 Å². The van der Waals surface area contributed by atoms with E-state index in [9.17, 15) is 13.2 Å². The number of likely N-dealkylation sites (tertiary alicyclic amines) is 1. The van der Waals surface area contributed by atoms with E-state index in [1.54, 1.807) is 12.1 Å². The Morgan fingerprint density at radius 2 is 1.62 bits per heavy atom. The van der Waals surface area contributed by atoms with Crippen molar-refractivity contribution in [3.8, 4) is 0 Å². The summed E-state index contributed by atoms with van der Waals surface area (Å²) in [6.07, 6.45) is 0.196. The van der Waals surface area contributed by atoms with E-state index in [-0.39, 0.29) is 17.8 Å². The van der Waals surface area contributed by atoms with Crippen molar-refractivity contribution in [2.75, 3.05) is 38.2 Å². The van der Waals surface area contributed by atoms with Gasteiger partial charge in [-0.15, -0.1) is 12.4 Å². The maximum atomic E-state index is 12.3. The Morgan fingerprint density at radius 3 is 2.22 bits per heavy atom.